The van der Waals surface area contributed by atoms with Crippen molar-refractivity contribution >= 4 is 48.0 Å². The van der Waals surface area contributed by atoms with Crippen LogP contribution in [0.25, 0.3) is 21.5 Å². The van der Waals surface area contributed by atoms with Crippen LogP contribution < -0.4 is 10.6 Å². The van der Waals surface area contributed by atoms with Crippen molar-refractivity contribution in [2.45, 2.75) is 104 Å². The van der Waals surface area contributed by atoms with Crippen LogP contribution in [0.1, 0.15) is 83.1 Å². The van der Waals surface area contributed by atoms with Crippen LogP contribution in [-0.4, -0.2) is 20.6 Å². The summed E-state index contributed by atoms with van der Waals surface area (Å²) in [6.45, 7) is 28.5. The van der Waals surface area contributed by atoms with E-state index in [9.17, 15) is 6.18 Å². The minimum atomic E-state index is -2.50. The second-order valence-corrected chi connectivity index (χ2v) is 22.1. The summed E-state index contributed by atoms with van der Waals surface area (Å²) in [6, 6.07) is 27.0. The van der Waals surface area contributed by atoms with Crippen molar-refractivity contribution in [3.63, 3.8) is 0 Å². The van der Waals surface area contributed by atoms with Gasteiger partial charge in [0.05, 0.1) is 0 Å². The Morgan fingerprint density at radius 3 is 1.00 bits per heavy atom. The van der Waals surface area contributed by atoms with Crippen molar-refractivity contribution in [2.24, 2.45) is 0 Å². The Kier molecular flexibility index (Phi) is 11.8. The minimum absolute atomic E-state index is 0.185. The van der Waals surface area contributed by atoms with Crippen molar-refractivity contribution in [1.29, 1.82) is 0 Å². The zero-order chi connectivity index (χ0) is 29.8. The topological polar surface area (TPSA) is 0 Å². The van der Waals surface area contributed by atoms with Gasteiger partial charge in [-0.15, -0.1) is 80.7 Å². The molecule has 0 atom stereocenters. The number of fused-ring (bicyclic) bond motifs is 2. The number of halogens is 2. The third-order valence-corrected chi connectivity index (χ3v) is 13.3. The zero-order valence-electron chi connectivity index (χ0n) is 26.1. The predicted octanol–water partition coefficient (Wildman–Crippen LogP) is 11.4. The molecular weight excluding hydrogens is 556 g/mol. The van der Waals surface area contributed by atoms with Gasteiger partial charge >= 0.3 is 26.4 Å². The van der Waals surface area contributed by atoms with E-state index in [4.69, 9.17) is 0 Å². The van der Waals surface area contributed by atoms with Crippen molar-refractivity contribution < 1.29 is 26.4 Å². The fraction of sp³-hybridized carbons (Fsp3) is 0.471. The number of hydrogen-bond acceptors (Lipinski definition) is 0. The molecule has 0 unspecified atom stereocenters. The van der Waals surface area contributed by atoms with E-state index in [1.54, 1.807) is 10.6 Å². The van der Waals surface area contributed by atoms with E-state index in [0.29, 0.717) is 20.6 Å². The summed E-state index contributed by atoms with van der Waals surface area (Å²) in [6.07, 6.45) is 0. The van der Waals surface area contributed by atoms with Gasteiger partial charge in [0.25, 0.3) is 0 Å². The average Bonchev–Trinajstić information content (AvgIpc) is 3.33. The first kappa shape index (κ1) is 34.3. The van der Waals surface area contributed by atoms with Gasteiger partial charge in [0.2, 0.25) is 0 Å². The van der Waals surface area contributed by atoms with Gasteiger partial charge in [-0.25, -0.2) is 0 Å². The molecule has 4 aromatic carbocycles. The Balaban J connectivity index is 0.000000249. The number of benzene rings is 2. The van der Waals surface area contributed by atoms with Gasteiger partial charge in [0.15, 0.2) is 0 Å². The zero-order valence-corrected chi connectivity index (χ0v) is 29.4. The third kappa shape index (κ3) is 9.57. The molecule has 0 aliphatic rings. The van der Waals surface area contributed by atoms with Gasteiger partial charge in [-0.1, -0.05) is 111 Å². The van der Waals surface area contributed by atoms with Crippen LogP contribution in [0.2, 0.25) is 0 Å². The summed E-state index contributed by atoms with van der Waals surface area (Å²) >= 11 is -2.50. The summed E-state index contributed by atoms with van der Waals surface area (Å²) in [5.41, 5.74) is 0. The Labute approximate surface area is 249 Å². The second-order valence-electron chi connectivity index (χ2n) is 14.1. The van der Waals surface area contributed by atoms with Crippen molar-refractivity contribution in [1.82, 2.24) is 0 Å². The first-order valence-corrected chi connectivity index (χ1v) is 17.5. The molecular formula is C34H48F2P2Ti-2. The molecule has 39 heavy (non-hydrogen) atoms. The quantitative estimate of drug-likeness (QED) is 0.121. The fourth-order valence-electron chi connectivity index (χ4n) is 6.09. The maximum atomic E-state index is 9.75. The molecule has 0 spiro atoms. The van der Waals surface area contributed by atoms with E-state index in [1.807, 2.05) is 0 Å². The van der Waals surface area contributed by atoms with Gasteiger partial charge in [0.1, 0.15) is 0 Å². The Morgan fingerprint density at radius 1 is 0.513 bits per heavy atom. The van der Waals surface area contributed by atoms with Gasteiger partial charge in [-0.3, -0.25) is 0 Å². The molecule has 0 radical (unpaired) electrons. The van der Waals surface area contributed by atoms with E-state index in [0.717, 1.165) is 0 Å². The van der Waals surface area contributed by atoms with E-state index >= 15 is 0 Å². The van der Waals surface area contributed by atoms with Gasteiger partial charge < -0.3 is 0 Å². The molecule has 0 saturated carbocycles. The predicted molar refractivity (Wildman–Crippen MR) is 173 cm³/mol. The summed E-state index contributed by atoms with van der Waals surface area (Å²) < 4.78 is 19.5. The molecule has 0 aromatic heterocycles. The summed E-state index contributed by atoms with van der Waals surface area (Å²) in [5, 5.41) is 10.0. The Hall–Kier alpha value is -0.906. The van der Waals surface area contributed by atoms with Crippen LogP contribution in [0.15, 0.2) is 72.8 Å². The molecule has 0 amide bonds. The second kappa shape index (κ2) is 13.4. The molecule has 0 N–H and O–H groups in total. The van der Waals surface area contributed by atoms with Crippen molar-refractivity contribution in [3.8, 4) is 0 Å². The third-order valence-electron chi connectivity index (χ3n) is 6.41. The fourth-order valence-corrected chi connectivity index (χ4v) is 14.3. The van der Waals surface area contributed by atoms with E-state index in [-0.39, 0.29) is 15.8 Å². The Bertz CT molecular complexity index is 1110. The van der Waals surface area contributed by atoms with Gasteiger partial charge in [0, 0.05) is 0 Å². The summed E-state index contributed by atoms with van der Waals surface area (Å²) in [4.78, 5) is 0. The molecule has 4 aromatic rings. The van der Waals surface area contributed by atoms with Crippen LogP contribution in [0.4, 0.5) is 6.18 Å². The summed E-state index contributed by atoms with van der Waals surface area (Å²) in [5.74, 6) is 0. The standard InChI is InChI=1S/2C17H24P.2FH.Ti/c2*1-16(2,3)18(17(4,5)6)15-11-13-9-7-8-10-14(13)12-15;;;/h2*7-12H,1-6H3;2*1H;/q2*-1;;;+2/p-2. The monoisotopic (exact) mass is 604 g/mol. The molecule has 0 saturated heterocycles. The molecule has 0 heterocycles. The van der Waals surface area contributed by atoms with Crippen LogP contribution >= 0.6 is 15.8 Å². The van der Waals surface area contributed by atoms with Crippen molar-refractivity contribution in [2.75, 3.05) is 0 Å². The van der Waals surface area contributed by atoms with E-state index in [1.165, 1.54) is 21.5 Å². The first-order chi connectivity index (χ1) is 17.8. The molecule has 4 rings (SSSR count). The first-order valence-electron chi connectivity index (χ1n) is 13.7. The SMILES string of the molecule is CC(C)(C)P(c1cc2ccccc2[cH-]1)C(C)(C)C.CC(C)(C)P(c1cc2ccccc2[cH-]1)C(C)(C)C.[F][Ti][F]. The van der Waals surface area contributed by atoms with Crippen LogP contribution in [0.3, 0.4) is 0 Å². The van der Waals surface area contributed by atoms with E-state index < -0.39 is 20.2 Å². The van der Waals surface area contributed by atoms with Crippen LogP contribution in [0.5, 0.6) is 0 Å². The molecule has 214 valence electrons. The Morgan fingerprint density at radius 2 is 0.769 bits per heavy atom. The van der Waals surface area contributed by atoms with Gasteiger partial charge in [-0.2, -0.15) is 12.1 Å². The van der Waals surface area contributed by atoms with E-state index in [2.05, 4.69) is 156 Å². The number of hydrogen-bond donors (Lipinski definition) is 0. The molecule has 0 nitrogen and oxygen atoms in total. The molecule has 0 bridgehead atoms. The average molecular weight is 605 g/mol. The molecule has 0 fully saturated rings. The summed E-state index contributed by atoms with van der Waals surface area (Å²) in [7, 11) is -0.369. The molecule has 0 aliphatic carbocycles. The molecule has 0 aliphatic heterocycles. The van der Waals surface area contributed by atoms with Crippen molar-refractivity contribution in [3.05, 3.63) is 72.8 Å². The maximum absolute atomic E-state index is 9.75. The number of rotatable bonds is 2. The van der Waals surface area contributed by atoms with Crippen LogP contribution in [0, 0.1) is 0 Å². The van der Waals surface area contributed by atoms with Crippen LogP contribution in [-0.2, 0) is 20.2 Å². The normalized spacial score (nSPS) is 12.8. The molecule has 5 heteroatoms. The van der Waals surface area contributed by atoms with Gasteiger partial charge in [-0.05, 0) is 20.6 Å².